The van der Waals surface area contributed by atoms with Crippen LogP contribution in [0.2, 0.25) is 5.02 Å². The highest BCUT2D eigenvalue weighted by Crippen LogP contribution is 2.30. The zero-order valence-electron chi connectivity index (χ0n) is 10.7. The van der Waals surface area contributed by atoms with Crippen LogP contribution in [0.3, 0.4) is 0 Å². The predicted molar refractivity (Wildman–Crippen MR) is 75.2 cm³/mol. The van der Waals surface area contributed by atoms with Crippen LogP contribution in [0, 0.1) is 0 Å². The summed E-state index contributed by atoms with van der Waals surface area (Å²) >= 11 is 6.81. The fraction of sp³-hybridized carbons (Fsp3) is 0.154. The minimum atomic E-state index is -0.644. The Kier molecular flexibility index (Phi) is 4.36. The van der Waals surface area contributed by atoms with Gasteiger partial charge in [-0.25, -0.2) is 9.59 Å². The normalized spacial score (nSPS) is 10.2. The van der Waals surface area contributed by atoms with Crippen molar-refractivity contribution in [1.82, 2.24) is 4.37 Å². The van der Waals surface area contributed by atoms with E-state index < -0.39 is 11.9 Å². The van der Waals surface area contributed by atoms with E-state index in [4.69, 9.17) is 16.3 Å². The summed E-state index contributed by atoms with van der Waals surface area (Å²) in [5, 5.41) is 0.505. The summed E-state index contributed by atoms with van der Waals surface area (Å²) in [5.41, 5.74) is 1.07. The molecule has 5 nitrogen and oxygen atoms in total. The summed E-state index contributed by atoms with van der Waals surface area (Å²) in [6.07, 6.45) is 0. The van der Waals surface area contributed by atoms with Gasteiger partial charge in [0.15, 0.2) is 0 Å². The van der Waals surface area contributed by atoms with Gasteiger partial charge in [0, 0.05) is 10.6 Å². The molecule has 20 heavy (non-hydrogen) atoms. The number of ether oxygens (including phenoxy) is 2. The minimum Gasteiger partial charge on any atom is -0.465 e. The Morgan fingerprint density at radius 1 is 1.20 bits per heavy atom. The summed E-state index contributed by atoms with van der Waals surface area (Å²) < 4.78 is 13.5. The Morgan fingerprint density at radius 2 is 1.90 bits per heavy atom. The molecule has 0 saturated carbocycles. The van der Waals surface area contributed by atoms with Gasteiger partial charge in [-0.05, 0) is 23.7 Å². The maximum atomic E-state index is 11.9. The molecular weight excluding hydrogens is 302 g/mol. The van der Waals surface area contributed by atoms with Gasteiger partial charge >= 0.3 is 11.9 Å². The summed E-state index contributed by atoms with van der Waals surface area (Å²) in [7, 11) is 2.48. The Hall–Kier alpha value is -1.92. The number of hydrogen-bond donors (Lipinski definition) is 0. The van der Waals surface area contributed by atoms with Crippen LogP contribution in [0.4, 0.5) is 0 Å². The smallest absolute Gasteiger partial charge is 0.350 e. The molecule has 2 rings (SSSR count). The zero-order chi connectivity index (χ0) is 14.7. The molecule has 2 aromatic rings. The molecule has 0 aliphatic carbocycles. The summed E-state index contributed by atoms with van der Waals surface area (Å²) in [6.45, 7) is 0. The van der Waals surface area contributed by atoms with Crippen LogP contribution in [0.25, 0.3) is 11.3 Å². The molecule has 0 fully saturated rings. The second-order valence-corrected chi connectivity index (χ2v) is 4.94. The zero-order valence-corrected chi connectivity index (χ0v) is 12.2. The molecule has 1 heterocycles. The molecule has 0 spiro atoms. The fourth-order valence-corrected chi connectivity index (χ4v) is 2.65. The van der Waals surface area contributed by atoms with Crippen LogP contribution >= 0.6 is 23.1 Å². The monoisotopic (exact) mass is 311 g/mol. The molecule has 7 heteroatoms. The van der Waals surface area contributed by atoms with Crippen molar-refractivity contribution in [3.8, 4) is 11.3 Å². The molecule has 0 amide bonds. The van der Waals surface area contributed by atoms with Gasteiger partial charge in [0.2, 0.25) is 0 Å². The van der Waals surface area contributed by atoms with Crippen molar-refractivity contribution < 1.29 is 19.1 Å². The van der Waals surface area contributed by atoms with Gasteiger partial charge in [0.1, 0.15) is 10.4 Å². The highest BCUT2D eigenvalue weighted by Gasteiger charge is 2.27. The number of methoxy groups -OCH3 is 2. The number of hydrogen-bond acceptors (Lipinski definition) is 6. The molecule has 0 radical (unpaired) electrons. The van der Waals surface area contributed by atoms with E-state index in [2.05, 4.69) is 9.11 Å². The topological polar surface area (TPSA) is 65.5 Å². The van der Waals surface area contributed by atoms with Gasteiger partial charge in [-0.15, -0.1) is 0 Å². The van der Waals surface area contributed by atoms with Crippen molar-refractivity contribution in [3.63, 3.8) is 0 Å². The molecule has 0 aliphatic heterocycles. The van der Waals surface area contributed by atoms with E-state index in [0.29, 0.717) is 16.3 Å². The van der Waals surface area contributed by atoms with Crippen LogP contribution in [0.5, 0.6) is 0 Å². The van der Waals surface area contributed by atoms with Crippen molar-refractivity contribution in [1.29, 1.82) is 0 Å². The summed E-state index contributed by atoms with van der Waals surface area (Å²) in [4.78, 5) is 23.7. The van der Waals surface area contributed by atoms with Crippen molar-refractivity contribution in [2.75, 3.05) is 14.2 Å². The van der Waals surface area contributed by atoms with Crippen molar-refractivity contribution in [3.05, 3.63) is 39.7 Å². The third-order valence-electron chi connectivity index (χ3n) is 2.55. The molecular formula is C13H10ClNO4S. The van der Waals surface area contributed by atoms with E-state index in [1.165, 1.54) is 14.2 Å². The summed E-state index contributed by atoms with van der Waals surface area (Å²) in [5.74, 6) is -1.27. The number of aromatic nitrogens is 1. The minimum absolute atomic E-state index is 0.0895. The van der Waals surface area contributed by atoms with E-state index in [9.17, 15) is 9.59 Å². The highest BCUT2D eigenvalue weighted by molar-refractivity contribution is 7.08. The van der Waals surface area contributed by atoms with Crippen molar-refractivity contribution in [2.45, 2.75) is 0 Å². The largest absolute Gasteiger partial charge is 0.465 e. The molecule has 0 unspecified atom stereocenters. The number of carbonyl (C=O) groups excluding carboxylic acids is 2. The van der Waals surface area contributed by atoms with Crippen molar-refractivity contribution in [2.24, 2.45) is 0 Å². The van der Waals surface area contributed by atoms with E-state index in [1.54, 1.807) is 24.3 Å². The van der Waals surface area contributed by atoms with E-state index in [-0.39, 0.29) is 10.4 Å². The van der Waals surface area contributed by atoms with E-state index in [1.807, 2.05) is 0 Å². The second-order valence-electron chi connectivity index (χ2n) is 3.73. The highest BCUT2D eigenvalue weighted by atomic mass is 35.5. The number of benzene rings is 1. The first-order valence-corrected chi connectivity index (χ1v) is 6.66. The number of esters is 2. The maximum absolute atomic E-state index is 11.9. The fourth-order valence-electron chi connectivity index (χ4n) is 1.65. The average Bonchev–Trinajstić information content (AvgIpc) is 2.90. The maximum Gasteiger partial charge on any atom is 0.350 e. The van der Waals surface area contributed by atoms with E-state index >= 15 is 0 Å². The molecule has 104 valence electrons. The molecule has 1 aromatic heterocycles. The summed E-state index contributed by atoms with van der Waals surface area (Å²) in [6, 6.07) is 6.84. The lowest BCUT2D eigenvalue weighted by Crippen LogP contribution is -2.09. The van der Waals surface area contributed by atoms with Crippen LogP contribution in [0.15, 0.2) is 24.3 Å². The van der Waals surface area contributed by atoms with Crippen LogP contribution < -0.4 is 0 Å². The molecule has 1 aromatic carbocycles. The first kappa shape index (κ1) is 14.5. The number of rotatable bonds is 3. The van der Waals surface area contributed by atoms with Gasteiger partial charge in [-0.2, -0.15) is 4.37 Å². The van der Waals surface area contributed by atoms with Gasteiger partial charge in [0.05, 0.1) is 19.9 Å². The third kappa shape index (κ3) is 2.66. The molecule has 0 N–H and O–H groups in total. The Balaban J connectivity index is 2.62. The lowest BCUT2D eigenvalue weighted by atomic mass is 10.1. The Bertz CT molecular complexity index is 668. The molecule has 0 aliphatic rings. The number of nitrogens with zero attached hydrogens (tertiary/aromatic N) is 1. The van der Waals surface area contributed by atoms with Crippen LogP contribution in [-0.4, -0.2) is 30.5 Å². The average molecular weight is 312 g/mol. The van der Waals surface area contributed by atoms with Gasteiger partial charge in [-0.3, -0.25) is 0 Å². The van der Waals surface area contributed by atoms with Gasteiger partial charge < -0.3 is 9.47 Å². The second kappa shape index (κ2) is 6.02. The lowest BCUT2D eigenvalue weighted by molar-refractivity contribution is 0.0560. The molecule has 0 bridgehead atoms. The predicted octanol–water partition coefficient (Wildman–Crippen LogP) is 3.04. The molecule has 0 saturated heterocycles. The van der Waals surface area contributed by atoms with E-state index in [0.717, 1.165) is 11.5 Å². The SMILES string of the molecule is COC(=O)c1snc(-c2cccc(Cl)c2)c1C(=O)OC. The number of halogens is 1. The Labute approximate surface area is 124 Å². The first-order valence-electron chi connectivity index (χ1n) is 5.50. The standard InChI is InChI=1S/C13H10ClNO4S/c1-18-12(16)9-10(7-4-3-5-8(14)6-7)15-20-11(9)13(17)19-2/h3-6H,1-2H3. The number of carbonyl (C=O) groups is 2. The third-order valence-corrected chi connectivity index (χ3v) is 3.61. The van der Waals surface area contributed by atoms with Gasteiger partial charge in [0.25, 0.3) is 0 Å². The quantitative estimate of drug-likeness (QED) is 0.815. The van der Waals surface area contributed by atoms with Crippen molar-refractivity contribution >= 4 is 35.1 Å². The Morgan fingerprint density at radius 3 is 2.50 bits per heavy atom. The lowest BCUT2D eigenvalue weighted by Gasteiger charge is -2.04. The van der Waals surface area contributed by atoms with Gasteiger partial charge in [-0.1, -0.05) is 23.7 Å². The van der Waals surface area contributed by atoms with Crippen LogP contribution in [0.1, 0.15) is 20.0 Å². The molecule has 0 atom stereocenters. The first-order chi connectivity index (χ1) is 9.58. The van der Waals surface area contributed by atoms with Crippen LogP contribution in [-0.2, 0) is 9.47 Å².